The molecule has 17 heavy (non-hydrogen) atoms. The molecule has 10 heteroatoms. The second-order valence-corrected chi connectivity index (χ2v) is 5.77. The third-order valence-electron chi connectivity index (χ3n) is 1.41. The largest absolute Gasteiger partial charge is 0.522 e. The molecule has 0 bridgehead atoms. The molecule has 5 nitrogen and oxygen atoms in total. The highest BCUT2D eigenvalue weighted by Gasteiger charge is 2.44. The third-order valence-corrected chi connectivity index (χ3v) is 2.55. The Labute approximate surface area is 101 Å². The van der Waals surface area contributed by atoms with Gasteiger partial charge in [0, 0.05) is 0 Å². The van der Waals surface area contributed by atoms with Crippen LogP contribution in [0.5, 0.6) is 0 Å². The number of hydrogen-bond acceptors (Lipinski definition) is 5. The van der Waals surface area contributed by atoms with Crippen LogP contribution in [-0.2, 0) is 14.9 Å². The number of nitrogens with zero attached hydrogens (tertiary/aromatic N) is 1. The number of aliphatic imine (C=N–C) groups is 1. The van der Waals surface area contributed by atoms with Gasteiger partial charge in [0.15, 0.2) is 0 Å². The van der Waals surface area contributed by atoms with Gasteiger partial charge in [0.2, 0.25) is 5.23 Å². The average Bonchev–Trinajstić information content (AvgIpc) is 2.43. The smallest absolute Gasteiger partial charge is 0.470 e. The molecular weight excluding hydrogens is 283 g/mol. The lowest BCUT2D eigenvalue weighted by Gasteiger charge is -2.07. The molecule has 0 spiro atoms. The molecule has 0 fully saturated rings. The van der Waals surface area contributed by atoms with Gasteiger partial charge in [0.25, 0.3) is 0 Å². The lowest BCUT2D eigenvalue weighted by atomic mass is 10.1. The second-order valence-electron chi connectivity index (χ2n) is 3.60. The molecule has 0 amide bonds. The van der Waals surface area contributed by atoms with E-state index >= 15 is 0 Å². The highest BCUT2D eigenvalue weighted by atomic mass is 32.2. The first kappa shape index (κ1) is 16.5. The van der Waals surface area contributed by atoms with Crippen LogP contribution >= 0.6 is 11.8 Å². The van der Waals surface area contributed by atoms with E-state index in [0.717, 1.165) is 11.8 Å². The topological polar surface area (TPSA) is 76.0 Å². The van der Waals surface area contributed by atoms with E-state index in [1.54, 1.807) is 11.8 Å². The van der Waals surface area contributed by atoms with Crippen molar-refractivity contribution in [3.63, 3.8) is 0 Å². The highest BCUT2D eigenvalue weighted by molar-refractivity contribution is 8.12. The van der Waals surface area contributed by atoms with Crippen molar-refractivity contribution < 1.29 is 30.9 Å². The molecule has 0 aliphatic carbocycles. The minimum atomic E-state index is -5.84. The molecular formula is C7H12F3NO4S2. The van der Waals surface area contributed by atoms with Crippen molar-refractivity contribution in [2.24, 2.45) is 4.99 Å². The summed E-state index contributed by atoms with van der Waals surface area (Å²) in [5.74, 6) is 0. The van der Waals surface area contributed by atoms with Crippen LogP contribution in [0.3, 0.4) is 0 Å². The SMILES string of the molecule is CSC1=NC(C)(C)CO1.O=S(=O)(O)C(F)(F)F. The molecule has 0 aromatic carbocycles. The summed E-state index contributed by atoms with van der Waals surface area (Å²) in [6.45, 7) is 4.86. The van der Waals surface area contributed by atoms with Gasteiger partial charge < -0.3 is 4.74 Å². The molecule has 102 valence electrons. The van der Waals surface area contributed by atoms with Gasteiger partial charge in [-0.2, -0.15) is 21.6 Å². The Morgan fingerprint density at radius 3 is 2.00 bits per heavy atom. The fourth-order valence-corrected chi connectivity index (χ4v) is 1.17. The van der Waals surface area contributed by atoms with Crippen molar-refractivity contribution in [1.82, 2.24) is 0 Å². The molecule has 0 unspecified atom stereocenters. The molecule has 0 atom stereocenters. The van der Waals surface area contributed by atoms with Crippen LogP contribution in [0.25, 0.3) is 0 Å². The molecule has 0 saturated heterocycles. The Morgan fingerprint density at radius 2 is 1.88 bits per heavy atom. The number of alkyl halides is 3. The van der Waals surface area contributed by atoms with Crippen molar-refractivity contribution in [1.29, 1.82) is 0 Å². The maximum atomic E-state index is 10.7. The van der Waals surface area contributed by atoms with Gasteiger partial charge in [0.05, 0.1) is 5.54 Å². The van der Waals surface area contributed by atoms with E-state index in [9.17, 15) is 13.2 Å². The Hall–Kier alpha value is -0.480. The van der Waals surface area contributed by atoms with Crippen molar-refractivity contribution in [3.8, 4) is 0 Å². The fourth-order valence-electron chi connectivity index (χ4n) is 0.655. The van der Waals surface area contributed by atoms with Gasteiger partial charge in [0.1, 0.15) is 6.61 Å². The van der Waals surface area contributed by atoms with Gasteiger partial charge in [-0.1, -0.05) is 11.8 Å². The molecule has 0 aromatic heterocycles. The summed E-state index contributed by atoms with van der Waals surface area (Å²) in [5.41, 5.74) is -5.52. The fraction of sp³-hybridized carbons (Fsp3) is 0.857. The standard InChI is InChI=1S/C6H11NOS.CHF3O3S/c1-6(2)4-8-5(7-6)9-3;2-1(3,4)8(5,6)7/h4H2,1-3H3;(H,5,6,7). The second kappa shape index (κ2) is 5.44. The van der Waals surface area contributed by atoms with Gasteiger partial charge in [-0.05, 0) is 20.1 Å². The Bertz CT molecular complexity index is 388. The lowest BCUT2D eigenvalue weighted by Crippen LogP contribution is -2.21. The molecule has 1 rings (SSSR count). The Balaban J connectivity index is 0.000000304. The number of thioether (sulfide) groups is 1. The van der Waals surface area contributed by atoms with E-state index in [0.29, 0.717) is 0 Å². The Kier molecular flexibility index (Phi) is 5.29. The molecule has 0 aromatic rings. The summed E-state index contributed by atoms with van der Waals surface area (Å²) in [7, 11) is -5.84. The first-order chi connectivity index (χ1) is 7.39. The number of ether oxygens (including phenoxy) is 1. The molecule has 1 aliphatic heterocycles. The van der Waals surface area contributed by atoms with E-state index in [1.165, 1.54) is 0 Å². The number of hydrogen-bond donors (Lipinski definition) is 1. The third kappa shape index (κ3) is 6.13. The zero-order chi connectivity index (χ0) is 13.9. The van der Waals surface area contributed by atoms with Crippen LogP contribution in [-0.4, -0.2) is 42.1 Å². The van der Waals surface area contributed by atoms with Crippen molar-refractivity contribution >= 4 is 27.1 Å². The molecule has 1 aliphatic rings. The predicted octanol–water partition coefficient (Wildman–Crippen LogP) is 1.91. The average molecular weight is 295 g/mol. The summed E-state index contributed by atoms with van der Waals surface area (Å²) < 4.78 is 62.8. The summed E-state index contributed by atoms with van der Waals surface area (Å²) in [6.07, 6.45) is 1.97. The zero-order valence-corrected chi connectivity index (χ0v) is 10.9. The van der Waals surface area contributed by atoms with E-state index in [-0.39, 0.29) is 5.54 Å². The zero-order valence-electron chi connectivity index (χ0n) is 9.28. The normalized spacial score (nSPS) is 18.9. The highest BCUT2D eigenvalue weighted by Crippen LogP contribution is 2.21. The van der Waals surface area contributed by atoms with Crippen LogP contribution in [0, 0.1) is 0 Å². The van der Waals surface area contributed by atoms with Crippen LogP contribution in [0.4, 0.5) is 13.2 Å². The van der Waals surface area contributed by atoms with E-state index < -0.39 is 15.6 Å². The van der Waals surface area contributed by atoms with Gasteiger partial charge >= 0.3 is 15.6 Å². The van der Waals surface area contributed by atoms with Gasteiger partial charge in [-0.3, -0.25) is 4.55 Å². The molecule has 0 radical (unpaired) electrons. The van der Waals surface area contributed by atoms with Gasteiger partial charge in [-0.15, -0.1) is 0 Å². The minimum absolute atomic E-state index is 0.0122. The molecule has 1 N–H and O–H groups in total. The van der Waals surface area contributed by atoms with Crippen molar-refractivity contribution in [2.75, 3.05) is 12.9 Å². The summed E-state index contributed by atoms with van der Waals surface area (Å²) in [5, 5.41) is 0.819. The van der Waals surface area contributed by atoms with Crippen molar-refractivity contribution in [3.05, 3.63) is 0 Å². The Morgan fingerprint density at radius 1 is 1.47 bits per heavy atom. The van der Waals surface area contributed by atoms with Crippen LogP contribution in [0.15, 0.2) is 4.99 Å². The molecule has 0 saturated carbocycles. The number of rotatable bonds is 0. The summed E-state index contributed by atoms with van der Waals surface area (Å²) >= 11 is 1.56. The van der Waals surface area contributed by atoms with E-state index in [4.69, 9.17) is 17.7 Å². The van der Waals surface area contributed by atoms with Gasteiger partial charge in [-0.25, -0.2) is 4.99 Å². The van der Waals surface area contributed by atoms with E-state index in [1.807, 2.05) is 6.26 Å². The van der Waals surface area contributed by atoms with Crippen LogP contribution < -0.4 is 0 Å². The van der Waals surface area contributed by atoms with Crippen LogP contribution in [0.1, 0.15) is 13.8 Å². The maximum Gasteiger partial charge on any atom is 0.522 e. The summed E-state index contributed by atoms with van der Waals surface area (Å²) in [6, 6.07) is 0. The van der Waals surface area contributed by atoms with E-state index in [2.05, 4.69) is 18.8 Å². The first-order valence-corrected chi connectivity index (χ1v) is 6.86. The van der Waals surface area contributed by atoms with Crippen LogP contribution in [0.2, 0.25) is 0 Å². The van der Waals surface area contributed by atoms with Crippen molar-refractivity contribution in [2.45, 2.75) is 24.9 Å². The first-order valence-electron chi connectivity index (χ1n) is 4.19. The monoisotopic (exact) mass is 295 g/mol. The lowest BCUT2D eigenvalue weighted by molar-refractivity contribution is -0.0510. The maximum absolute atomic E-state index is 10.7. The predicted molar refractivity (Wildman–Crippen MR) is 58.6 cm³/mol. The number of halogens is 3. The quantitative estimate of drug-likeness (QED) is 0.545. The summed E-state index contributed by atoms with van der Waals surface area (Å²) in [4.78, 5) is 4.30. The molecule has 1 heterocycles. The minimum Gasteiger partial charge on any atom is -0.470 e.